The van der Waals surface area contributed by atoms with E-state index >= 15 is 0 Å². The second-order valence-corrected chi connectivity index (χ2v) is 11.4. The summed E-state index contributed by atoms with van der Waals surface area (Å²) in [6.45, 7) is 6.63. The zero-order valence-corrected chi connectivity index (χ0v) is 23.7. The van der Waals surface area contributed by atoms with Gasteiger partial charge < -0.3 is 9.52 Å². The van der Waals surface area contributed by atoms with Gasteiger partial charge in [0.25, 0.3) is 0 Å². The molecule has 0 aliphatic heterocycles. The summed E-state index contributed by atoms with van der Waals surface area (Å²) in [7, 11) is 0. The van der Waals surface area contributed by atoms with Crippen molar-refractivity contribution in [2.24, 2.45) is 0 Å². The summed E-state index contributed by atoms with van der Waals surface area (Å²) < 4.78 is 6.10. The van der Waals surface area contributed by atoms with E-state index < -0.39 is 0 Å². The number of aryl methyl sites for hydroxylation is 3. The summed E-state index contributed by atoms with van der Waals surface area (Å²) >= 11 is 0. The van der Waals surface area contributed by atoms with Crippen molar-refractivity contribution in [3.63, 3.8) is 0 Å². The van der Waals surface area contributed by atoms with Crippen LogP contribution in [0.25, 0.3) is 66.8 Å². The van der Waals surface area contributed by atoms with E-state index in [0.717, 1.165) is 39.7 Å². The minimum atomic E-state index is 0.145. The number of para-hydroxylation sites is 2. The highest BCUT2D eigenvalue weighted by Gasteiger charge is 2.25. The van der Waals surface area contributed by atoms with Gasteiger partial charge in [0, 0.05) is 22.7 Å². The lowest BCUT2D eigenvalue weighted by Gasteiger charge is -2.26. The van der Waals surface area contributed by atoms with Crippen LogP contribution in [0, 0.1) is 20.8 Å². The number of hydrogen-bond acceptors (Lipinski definition) is 4. The van der Waals surface area contributed by atoms with E-state index in [-0.39, 0.29) is 5.75 Å². The molecule has 8 rings (SSSR count). The van der Waals surface area contributed by atoms with Crippen molar-refractivity contribution in [2.45, 2.75) is 27.2 Å². The van der Waals surface area contributed by atoms with E-state index in [1.165, 1.54) is 44.3 Å². The second kappa shape index (κ2) is 9.15. The number of fused-ring (bicyclic) bond motifs is 3. The topological polar surface area (TPSA) is 59.2 Å². The molecule has 4 heteroatoms. The normalized spacial score (nSPS) is 12.2. The molecule has 0 amide bonds. The third-order valence-corrected chi connectivity index (χ3v) is 8.53. The fraction of sp³-hybridized carbons (Fsp3) is 0.105. The fourth-order valence-corrected chi connectivity index (χ4v) is 6.79. The first-order chi connectivity index (χ1) is 20.5. The number of oxazole rings is 1. The molecule has 0 saturated carbocycles. The maximum Gasteiger partial charge on any atom is 0.231 e. The third-order valence-electron chi connectivity index (χ3n) is 8.53. The maximum atomic E-state index is 10.4. The number of aromatic hydroxyl groups is 1. The summed E-state index contributed by atoms with van der Waals surface area (Å²) in [5.74, 6) is 0.548. The molecular formula is C38H28N2O2. The average molecular weight is 545 g/mol. The van der Waals surface area contributed by atoms with E-state index in [1.807, 2.05) is 30.5 Å². The van der Waals surface area contributed by atoms with Crippen LogP contribution in [0.1, 0.15) is 27.8 Å². The van der Waals surface area contributed by atoms with Gasteiger partial charge >= 0.3 is 0 Å². The van der Waals surface area contributed by atoms with Gasteiger partial charge in [-0.15, -0.1) is 0 Å². The Balaban J connectivity index is 1.30. The van der Waals surface area contributed by atoms with Crippen LogP contribution in [-0.2, 0) is 6.42 Å². The zero-order valence-electron chi connectivity index (χ0n) is 23.7. The lowest BCUT2D eigenvalue weighted by molar-refractivity contribution is 0.474. The Morgan fingerprint density at radius 1 is 0.667 bits per heavy atom. The van der Waals surface area contributed by atoms with Crippen LogP contribution in [-0.4, -0.2) is 15.1 Å². The molecule has 1 aliphatic carbocycles. The van der Waals surface area contributed by atoms with Crippen LogP contribution in [0.5, 0.6) is 5.75 Å². The quantitative estimate of drug-likeness (QED) is 0.241. The molecule has 5 aromatic carbocycles. The minimum absolute atomic E-state index is 0.145. The summed E-state index contributed by atoms with van der Waals surface area (Å²) in [4.78, 5) is 9.79. The zero-order chi connectivity index (χ0) is 28.5. The lowest BCUT2D eigenvalue weighted by Crippen LogP contribution is -2.06. The maximum absolute atomic E-state index is 10.4. The molecule has 7 aromatic rings. The molecule has 1 N–H and O–H groups in total. The number of hydrogen-bond donors (Lipinski definition) is 1. The number of pyridine rings is 1. The molecule has 4 nitrogen and oxygen atoms in total. The van der Waals surface area contributed by atoms with Crippen molar-refractivity contribution < 1.29 is 9.52 Å². The standard InChI is InChI=1S/C38H28N2O2/c1-21-16-22(2)33-27(17-21)20-26-14-15-39-37-30(18-23(3)34(33)35(26)37)25-9-6-8-24(19-25)28-11-7-13-32-36(28)40-38(42-32)29-10-4-5-12-31(29)41/h4-19,41H,20H2,1-3H3. The molecule has 0 spiro atoms. The summed E-state index contributed by atoms with van der Waals surface area (Å²) in [5, 5.41) is 11.7. The summed E-state index contributed by atoms with van der Waals surface area (Å²) in [6, 6.07) is 30.8. The van der Waals surface area contributed by atoms with Crippen LogP contribution >= 0.6 is 0 Å². The molecule has 42 heavy (non-hydrogen) atoms. The van der Waals surface area contributed by atoms with Gasteiger partial charge in [0.2, 0.25) is 5.89 Å². The highest BCUT2D eigenvalue weighted by Crippen LogP contribution is 2.46. The second-order valence-electron chi connectivity index (χ2n) is 11.4. The molecule has 0 unspecified atom stereocenters. The number of aromatic nitrogens is 2. The van der Waals surface area contributed by atoms with Gasteiger partial charge in [-0.25, -0.2) is 4.98 Å². The van der Waals surface area contributed by atoms with Gasteiger partial charge in [0.05, 0.1) is 11.1 Å². The first kappa shape index (κ1) is 24.6. The predicted octanol–water partition coefficient (Wildman–Crippen LogP) is 9.58. The van der Waals surface area contributed by atoms with Crippen molar-refractivity contribution in [3.05, 3.63) is 125 Å². The number of phenolic OH excluding ortho intramolecular Hbond substituents is 1. The summed E-state index contributed by atoms with van der Waals surface area (Å²) in [5.41, 5.74) is 16.6. The van der Waals surface area contributed by atoms with Gasteiger partial charge in [-0.1, -0.05) is 60.2 Å². The minimum Gasteiger partial charge on any atom is -0.507 e. The van der Waals surface area contributed by atoms with Crippen molar-refractivity contribution in [3.8, 4) is 50.6 Å². The van der Waals surface area contributed by atoms with Crippen LogP contribution in [0.2, 0.25) is 0 Å². The van der Waals surface area contributed by atoms with Crippen LogP contribution in [0.15, 0.2) is 102 Å². The molecule has 0 saturated heterocycles. The Hall–Kier alpha value is -5.22. The third kappa shape index (κ3) is 3.68. The van der Waals surface area contributed by atoms with E-state index in [4.69, 9.17) is 14.4 Å². The van der Waals surface area contributed by atoms with Crippen molar-refractivity contribution >= 4 is 22.0 Å². The van der Waals surface area contributed by atoms with Gasteiger partial charge in [0.15, 0.2) is 5.58 Å². The van der Waals surface area contributed by atoms with E-state index in [0.29, 0.717) is 17.0 Å². The molecular weight excluding hydrogens is 516 g/mol. The van der Waals surface area contributed by atoms with E-state index in [1.54, 1.807) is 12.1 Å². The van der Waals surface area contributed by atoms with Crippen LogP contribution in [0.4, 0.5) is 0 Å². The monoisotopic (exact) mass is 544 g/mol. The first-order valence-corrected chi connectivity index (χ1v) is 14.3. The molecule has 1 aliphatic rings. The van der Waals surface area contributed by atoms with E-state index in [2.05, 4.69) is 75.4 Å². The molecule has 0 radical (unpaired) electrons. The number of benzene rings is 5. The summed E-state index contributed by atoms with van der Waals surface area (Å²) in [6.07, 6.45) is 2.87. The average Bonchev–Trinajstić information content (AvgIpc) is 3.43. The molecule has 2 heterocycles. The first-order valence-electron chi connectivity index (χ1n) is 14.3. The number of phenols is 1. The van der Waals surface area contributed by atoms with Crippen LogP contribution < -0.4 is 0 Å². The molecule has 202 valence electrons. The predicted molar refractivity (Wildman–Crippen MR) is 170 cm³/mol. The molecule has 0 atom stereocenters. The molecule has 2 aromatic heterocycles. The van der Waals surface area contributed by atoms with Crippen molar-refractivity contribution in [2.75, 3.05) is 0 Å². The highest BCUT2D eigenvalue weighted by atomic mass is 16.3. The molecule has 0 bridgehead atoms. The Morgan fingerprint density at radius 2 is 1.43 bits per heavy atom. The van der Waals surface area contributed by atoms with Crippen LogP contribution in [0.3, 0.4) is 0 Å². The number of nitrogens with zero attached hydrogens (tertiary/aromatic N) is 2. The largest absolute Gasteiger partial charge is 0.507 e. The Morgan fingerprint density at radius 3 is 2.29 bits per heavy atom. The van der Waals surface area contributed by atoms with Crippen molar-refractivity contribution in [1.82, 2.24) is 9.97 Å². The van der Waals surface area contributed by atoms with Gasteiger partial charge in [-0.2, -0.15) is 0 Å². The Labute approximate surface area is 244 Å². The molecule has 0 fully saturated rings. The van der Waals surface area contributed by atoms with Crippen molar-refractivity contribution in [1.29, 1.82) is 0 Å². The van der Waals surface area contributed by atoms with Gasteiger partial charge in [0.1, 0.15) is 11.3 Å². The van der Waals surface area contributed by atoms with Gasteiger partial charge in [-0.05, 0) is 108 Å². The SMILES string of the molecule is Cc1cc(C)c2c(c1)Cc1ccnc3c(-c4cccc(-c5cccc6oc(-c7ccccc7O)nc56)c4)cc(C)c-2c13. The fourth-order valence-electron chi connectivity index (χ4n) is 6.79. The highest BCUT2D eigenvalue weighted by molar-refractivity contribution is 6.08. The van der Waals surface area contributed by atoms with E-state index in [9.17, 15) is 5.11 Å². The number of rotatable bonds is 3. The lowest BCUT2D eigenvalue weighted by atomic mass is 9.79. The Bertz CT molecular complexity index is 2220. The smallest absolute Gasteiger partial charge is 0.231 e. The van der Waals surface area contributed by atoms with Gasteiger partial charge in [-0.3, -0.25) is 4.98 Å². The Kier molecular flexibility index (Phi) is 5.35.